The average Bonchev–Trinajstić information content (AvgIpc) is 3.45. The summed E-state index contributed by atoms with van der Waals surface area (Å²) in [6.07, 6.45) is 1.54. The number of morpholine rings is 1. The van der Waals surface area contributed by atoms with Crippen molar-refractivity contribution in [3.8, 4) is 23.1 Å². The van der Waals surface area contributed by atoms with Gasteiger partial charge >= 0.3 is 0 Å². The van der Waals surface area contributed by atoms with Crippen LogP contribution < -0.4 is 15.0 Å². The molecule has 214 valence electrons. The molecule has 11 heteroatoms. The molecule has 3 heterocycles. The van der Waals surface area contributed by atoms with Gasteiger partial charge in [0.25, 0.3) is 11.5 Å². The molecule has 10 nitrogen and oxygen atoms in total. The van der Waals surface area contributed by atoms with Crippen molar-refractivity contribution in [2.45, 2.75) is 6.92 Å². The molecule has 6 rings (SSSR count). The number of amides is 1. The summed E-state index contributed by atoms with van der Waals surface area (Å²) < 4.78 is 24.9. The zero-order valence-electron chi connectivity index (χ0n) is 22.8. The van der Waals surface area contributed by atoms with Gasteiger partial charge in [-0.3, -0.25) is 9.59 Å². The van der Waals surface area contributed by atoms with E-state index < -0.39 is 0 Å². The van der Waals surface area contributed by atoms with E-state index in [9.17, 15) is 9.59 Å². The highest BCUT2D eigenvalue weighted by atomic mass is 79.9. The normalized spacial score (nSPS) is 13.7. The van der Waals surface area contributed by atoms with Gasteiger partial charge in [-0.05, 0) is 64.8 Å². The quantitative estimate of drug-likeness (QED) is 0.220. The molecule has 0 spiro atoms. The van der Waals surface area contributed by atoms with Crippen LogP contribution in [0.3, 0.4) is 0 Å². The maximum atomic E-state index is 13.6. The molecule has 2 aromatic heterocycles. The van der Waals surface area contributed by atoms with Crippen molar-refractivity contribution in [2.75, 3.05) is 39.5 Å². The van der Waals surface area contributed by atoms with E-state index in [0.29, 0.717) is 76.7 Å². The topological polar surface area (TPSA) is 108 Å². The number of rotatable bonds is 8. The lowest BCUT2D eigenvalue weighted by molar-refractivity contribution is -0.137. The van der Waals surface area contributed by atoms with Gasteiger partial charge in [0.1, 0.15) is 5.58 Å². The number of ether oxygens (including phenoxy) is 3. The molecule has 1 saturated heterocycles. The van der Waals surface area contributed by atoms with E-state index in [1.807, 2.05) is 43.3 Å². The molecule has 1 amide bonds. The van der Waals surface area contributed by atoms with Crippen molar-refractivity contribution >= 4 is 49.9 Å². The van der Waals surface area contributed by atoms with E-state index in [2.05, 4.69) is 21.0 Å². The smallest absolute Gasteiger partial charge is 0.282 e. The number of halogens is 1. The van der Waals surface area contributed by atoms with E-state index in [1.165, 1.54) is 4.68 Å². The van der Waals surface area contributed by atoms with Crippen molar-refractivity contribution in [1.82, 2.24) is 14.6 Å². The van der Waals surface area contributed by atoms with Crippen LogP contribution in [0.2, 0.25) is 0 Å². The van der Waals surface area contributed by atoms with Crippen LogP contribution >= 0.6 is 15.9 Å². The minimum atomic E-state index is -0.335. The lowest BCUT2D eigenvalue weighted by atomic mass is 10.2. The Hall–Kier alpha value is -4.48. The highest BCUT2D eigenvalue weighted by molar-refractivity contribution is 9.10. The summed E-state index contributed by atoms with van der Waals surface area (Å²) in [5.41, 5.74) is 1.52. The van der Waals surface area contributed by atoms with Gasteiger partial charge in [0.05, 0.1) is 41.4 Å². The highest BCUT2D eigenvalue weighted by Crippen LogP contribution is 2.37. The number of aromatic nitrogens is 2. The third kappa shape index (κ3) is 5.65. The Kier molecular flexibility index (Phi) is 8.02. The second-order valence-corrected chi connectivity index (χ2v) is 10.4. The fourth-order valence-corrected chi connectivity index (χ4v) is 5.28. The van der Waals surface area contributed by atoms with E-state index in [4.69, 9.17) is 23.6 Å². The lowest BCUT2D eigenvalue weighted by Crippen LogP contribution is -2.43. The summed E-state index contributed by atoms with van der Waals surface area (Å²) in [6, 6.07) is 20.1. The van der Waals surface area contributed by atoms with Gasteiger partial charge in [-0.2, -0.15) is 9.78 Å². The Bertz CT molecular complexity index is 1830. The van der Waals surface area contributed by atoms with Crippen molar-refractivity contribution in [2.24, 2.45) is 5.10 Å². The number of nitrogens with zero attached hydrogens (tertiary/aromatic N) is 4. The van der Waals surface area contributed by atoms with E-state index >= 15 is 0 Å². The number of hydrogen-bond donors (Lipinski definition) is 0. The predicted octanol–water partition coefficient (Wildman–Crippen LogP) is 5.09. The maximum absolute atomic E-state index is 13.6. The molecule has 0 unspecified atom stereocenters. The molecular weight excluding hydrogens is 604 g/mol. The summed E-state index contributed by atoms with van der Waals surface area (Å²) in [4.78, 5) is 32.7. The molecule has 0 bridgehead atoms. The van der Waals surface area contributed by atoms with E-state index in [-0.39, 0.29) is 23.9 Å². The minimum absolute atomic E-state index is 0.125. The Balaban J connectivity index is 1.35. The Morgan fingerprint density at radius 1 is 1.07 bits per heavy atom. The van der Waals surface area contributed by atoms with E-state index in [0.717, 1.165) is 5.39 Å². The number of carbonyl (C=O) groups excluding carboxylic acids is 1. The molecule has 0 N–H and O–H groups in total. The molecule has 3 aromatic carbocycles. The van der Waals surface area contributed by atoms with Gasteiger partial charge in [0.2, 0.25) is 5.82 Å². The van der Waals surface area contributed by atoms with Crippen LogP contribution in [0.1, 0.15) is 12.5 Å². The zero-order valence-corrected chi connectivity index (χ0v) is 24.4. The van der Waals surface area contributed by atoms with Crippen LogP contribution in [0.4, 0.5) is 0 Å². The first kappa shape index (κ1) is 27.7. The number of para-hydroxylation sites is 2. The van der Waals surface area contributed by atoms with Gasteiger partial charge in [0, 0.05) is 18.5 Å². The first-order valence-electron chi connectivity index (χ1n) is 13.5. The highest BCUT2D eigenvalue weighted by Gasteiger charge is 2.20. The molecular formula is C31H27BrN4O6. The summed E-state index contributed by atoms with van der Waals surface area (Å²) in [5, 5.41) is 5.86. The molecule has 0 atom stereocenters. The second-order valence-electron chi connectivity index (χ2n) is 9.51. The summed E-state index contributed by atoms with van der Waals surface area (Å²) >= 11 is 3.55. The molecule has 1 aliphatic rings. The second kappa shape index (κ2) is 12.2. The molecule has 0 saturated carbocycles. The Morgan fingerprint density at radius 3 is 2.67 bits per heavy atom. The number of furan rings is 1. The van der Waals surface area contributed by atoms with Gasteiger partial charge in [0.15, 0.2) is 23.9 Å². The van der Waals surface area contributed by atoms with Crippen LogP contribution in [0, 0.1) is 0 Å². The summed E-state index contributed by atoms with van der Waals surface area (Å²) in [6.45, 7) is 4.21. The third-order valence-electron chi connectivity index (χ3n) is 6.76. The van der Waals surface area contributed by atoms with Gasteiger partial charge < -0.3 is 23.5 Å². The van der Waals surface area contributed by atoms with Crippen LogP contribution in [0.5, 0.6) is 11.5 Å². The number of benzene rings is 3. The number of hydrogen-bond acceptors (Lipinski definition) is 8. The fraction of sp³-hybridized carbons (Fsp3) is 0.226. The van der Waals surface area contributed by atoms with Crippen molar-refractivity contribution in [3.63, 3.8) is 0 Å². The lowest BCUT2D eigenvalue weighted by Gasteiger charge is -2.27. The zero-order chi connectivity index (χ0) is 29.1. The average molecular weight is 631 g/mol. The standard InChI is InChI=1S/C31H27BrN4O6/c1-2-40-26-16-20(15-23(32)29(26)41-19-28(37)35-11-13-39-14-12-35)18-33-36-30(27-17-21-7-3-6-10-25(21)42-27)34-24-9-5-4-8-22(24)31(36)38/h3-10,15-18H,2,11-14,19H2,1H3. The molecule has 1 fully saturated rings. The molecule has 42 heavy (non-hydrogen) atoms. The van der Waals surface area contributed by atoms with Crippen LogP contribution in [-0.2, 0) is 9.53 Å². The fourth-order valence-electron chi connectivity index (χ4n) is 4.71. The van der Waals surface area contributed by atoms with E-state index in [1.54, 1.807) is 41.4 Å². The molecule has 0 aliphatic carbocycles. The molecule has 0 radical (unpaired) electrons. The first-order chi connectivity index (χ1) is 20.5. The van der Waals surface area contributed by atoms with Crippen molar-refractivity contribution in [1.29, 1.82) is 0 Å². The van der Waals surface area contributed by atoms with Crippen LogP contribution in [0.15, 0.2) is 85.5 Å². The minimum Gasteiger partial charge on any atom is -0.490 e. The Morgan fingerprint density at radius 2 is 1.86 bits per heavy atom. The first-order valence-corrected chi connectivity index (χ1v) is 14.3. The third-order valence-corrected chi connectivity index (χ3v) is 7.35. The number of fused-ring (bicyclic) bond motifs is 2. The number of carbonyl (C=O) groups is 1. The monoisotopic (exact) mass is 630 g/mol. The Labute approximate surface area is 249 Å². The van der Waals surface area contributed by atoms with Crippen molar-refractivity contribution < 1.29 is 23.4 Å². The maximum Gasteiger partial charge on any atom is 0.282 e. The van der Waals surface area contributed by atoms with Crippen LogP contribution in [-0.4, -0.2) is 66.2 Å². The largest absolute Gasteiger partial charge is 0.490 e. The molecule has 1 aliphatic heterocycles. The molecule has 5 aromatic rings. The van der Waals surface area contributed by atoms with Gasteiger partial charge in [-0.1, -0.05) is 30.3 Å². The summed E-state index contributed by atoms with van der Waals surface area (Å²) in [5.74, 6) is 1.41. The van der Waals surface area contributed by atoms with Crippen molar-refractivity contribution in [3.05, 3.63) is 87.1 Å². The van der Waals surface area contributed by atoms with Gasteiger partial charge in [-0.15, -0.1) is 0 Å². The predicted molar refractivity (Wildman–Crippen MR) is 162 cm³/mol. The SMILES string of the molecule is CCOc1cc(C=Nn2c(-c3cc4ccccc4o3)nc3ccccc3c2=O)cc(Br)c1OCC(=O)N1CCOCC1. The summed E-state index contributed by atoms with van der Waals surface area (Å²) in [7, 11) is 0. The van der Waals surface area contributed by atoms with Crippen LogP contribution in [0.25, 0.3) is 33.5 Å². The van der Waals surface area contributed by atoms with Gasteiger partial charge in [-0.25, -0.2) is 4.98 Å².